The van der Waals surface area contributed by atoms with Gasteiger partial charge in [-0.1, -0.05) is 127 Å². The summed E-state index contributed by atoms with van der Waals surface area (Å²) in [5.74, 6) is 0.890. The van der Waals surface area contributed by atoms with Crippen molar-refractivity contribution in [1.82, 2.24) is 9.55 Å². The maximum Gasteiger partial charge on any atom is 0.145 e. The number of hydrogen-bond donors (Lipinski definition) is 0. The highest BCUT2D eigenvalue weighted by Crippen LogP contribution is 2.44. The summed E-state index contributed by atoms with van der Waals surface area (Å²) in [4.78, 5) is 5.16. The Morgan fingerprint density at radius 1 is 0.481 bits per heavy atom. The molecule has 0 unspecified atom stereocenters. The van der Waals surface area contributed by atoms with Crippen LogP contribution in [-0.4, -0.2) is 9.55 Å². The minimum atomic E-state index is 0.691. The topological polar surface area (TPSA) is 54.8 Å². The molecule has 2 aromatic heterocycles. The number of imidazole rings is 1. The van der Waals surface area contributed by atoms with Crippen molar-refractivity contribution in [2.75, 3.05) is 0 Å². The first-order valence-corrected chi connectivity index (χ1v) is 18.1. The molecule has 0 amide bonds. The molecule has 9 aromatic carbocycles. The van der Waals surface area contributed by atoms with Crippen LogP contribution >= 0.6 is 0 Å². The summed E-state index contributed by atoms with van der Waals surface area (Å²) in [6, 6.07) is 63.7. The first-order chi connectivity index (χ1) is 26.7. The van der Waals surface area contributed by atoms with E-state index in [-0.39, 0.29) is 0 Å². The second-order valence-corrected chi connectivity index (χ2v) is 13.8. The Balaban J connectivity index is 1.09. The van der Waals surface area contributed by atoms with Gasteiger partial charge in [0.2, 0.25) is 0 Å². The number of nitrogens with zero attached hydrogens (tertiary/aromatic N) is 3. The van der Waals surface area contributed by atoms with Crippen molar-refractivity contribution < 1.29 is 4.42 Å². The lowest BCUT2D eigenvalue weighted by atomic mass is 9.91. The van der Waals surface area contributed by atoms with Crippen LogP contribution in [0.4, 0.5) is 0 Å². The van der Waals surface area contributed by atoms with Crippen molar-refractivity contribution >= 4 is 65.3 Å². The van der Waals surface area contributed by atoms with E-state index in [1.807, 2.05) is 42.5 Å². The van der Waals surface area contributed by atoms with E-state index in [0.29, 0.717) is 5.56 Å². The standard InChI is InChI=1S/C50H29N3O/c51-30-35-24-25-38(39-13-5-4-12-37(35)39)32-20-18-31(19-21-32)33-22-26-40-41-27-23-34(29-44(41)49-48(43(40)28-33)42-14-6-9-17-47(42)54-49)50-52-45-15-7-8-16-46(45)53(50)36-10-2-1-3-11-36/h1-29H. The molecule has 2 heterocycles. The van der Waals surface area contributed by atoms with Gasteiger partial charge in [-0.05, 0) is 92.3 Å². The first kappa shape index (κ1) is 30.2. The predicted octanol–water partition coefficient (Wildman–Crippen LogP) is 13.3. The number of furan rings is 1. The van der Waals surface area contributed by atoms with Crippen LogP contribution in [0.3, 0.4) is 0 Å². The average Bonchev–Trinajstić information content (AvgIpc) is 3.83. The van der Waals surface area contributed by atoms with Gasteiger partial charge in [0, 0.05) is 32.8 Å². The normalized spacial score (nSPS) is 11.7. The van der Waals surface area contributed by atoms with Gasteiger partial charge in [0.15, 0.2) is 0 Å². The van der Waals surface area contributed by atoms with E-state index in [4.69, 9.17) is 9.40 Å². The van der Waals surface area contributed by atoms with Crippen LogP contribution in [0.25, 0.3) is 105 Å². The van der Waals surface area contributed by atoms with Gasteiger partial charge in [-0.3, -0.25) is 4.57 Å². The average molecular weight is 688 g/mol. The maximum atomic E-state index is 9.68. The Morgan fingerprint density at radius 3 is 1.96 bits per heavy atom. The molecule has 0 radical (unpaired) electrons. The van der Waals surface area contributed by atoms with Gasteiger partial charge in [0.1, 0.15) is 17.0 Å². The fourth-order valence-corrected chi connectivity index (χ4v) is 8.32. The fourth-order valence-electron chi connectivity index (χ4n) is 8.32. The van der Waals surface area contributed by atoms with Crippen molar-refractivity contribution in [2.45, 2.75) is 0 Å². The Bertz CT molecular complexity index is 3330. The molecule has 0 aliphatic carbocycles. The van der Waals surface area contributed by atoms with E-state index in [2.05, 4.69) is 144 Å². The maximum absolute atomic E-state index is 9.68. The SMILES string of the molecule is N#Cc1ccc(-c2ccc(-c3ccc4c5ccc(-c6nc7ccccc7n6-c6ccccc6)cc5c5oc6ccccc6c5c4c3)cc2)c2ccccc12. The Morgan fingerprint density at radius 2 is 1.13 bits per heavy atom. The lowest BCUT2D eigenvalue weighted by Gasteiger charge is -2.13. The summed E-state index contributed by atoms with van der Waals surface area (Å²) < 4.78 is 9.00. The molecule has 4 heteroatoms. The van der Waals surface area contributed by atoms with Crippen LogP contribution in [0.15, 0.2) is 180 Å². The lowest BCUT2D eigenvalue weighted by Crippen LogP contribution is -1.97. The van der Waals surface area contributed by atoms with Gasteiger partial charge in [-0.2, -0.15) is 5.26 Å². The van der Waals surface area contributed by atoms with Gasteiger partial charge in [-0.15, -0.1) is 0 Å². The van der Waals surface area contributed by atoms with E-state index in [1.165, 1.54) is 5.39 Å². The quantitative estimate of drug-likeness (QED) is 0.173. The Labute approximate surface area is 310 Å². The lowest BCUT2D eigenvalue weighted by molar-refractivity contribution is 0.673. The van der Waals surface area contributed by atoms with Crippen LogP contribution in [0.5, 0.6) is 0 Å². The molecule has 0 fully saturated rings. The molecule has 250 valence electrons. The molecular formula is C50H29N3O. The monoisotopic (exact) mass is 687 g/mol. The number of rotatable bonds is 4. The molecule has 0 saturated carbocycles. The number of aromatic nitrogens is 2. The third-order valence-electron chi connectivity index (χ3n) is 10.8. The first-order valence-electron chi connectivity index (χ1n) is 18.1. The molecule has 0 saturated heterocycles. The smallest absolute Gasteiger partial charge is 0.145 e. The molecule has 0 N–H and O–H groups in total. The van der Waals surface area contributed by atoms with Gasteiger partial charge in [-0.25, -0.2) is 4.98 Å². The summed E-state index contributed by atoms with van der Waals surface area (Å²) in [5.41, 5.74) is 11.1. The molecule has 0 aliphatic rings. The van der Waals surface area contributed by atoms with E-state index >= 15 is 0 Å². The predicted molar refractivity (Wildman–Crippen MR) is 222 cm³/mol. The van der Waals surface area contributed by atoms with Crippen molar-refractivity contribution in [3.05, 3.63) is 181 Å². The molecule has 11 aromatic rings. The molecule has 0 aliphatic heterocycles. The van der Waals surface area contributed by atoms with Crippen LogP contribution in [0.2, 0.25) is 0 Å². The molecular weight excluding hydrogens is 659 g/mol. The van der Waals surface area contributed by atoms with Crippen molar-refractivity contribution in [3.8, 4) is 45.4 Å². The Kier molecular flexibility index (Phi) is 6.58. The molecule has 11 rings (SSSR count). The van der Waals surface area contributed by atoms with Crippen molar-refractivity contribution in [1.29, 1.82) is 5.26 Å². The third-order valence-corrected chi connectivity index (χ3v) is 10.8. The summed E-state index contributed by atoms with van der Waals surface area (Å²) >= 11 is 0. The third kappa shape index (κ3) is 4.52. The molecule has 0 atom stereocenters. The molecule has 0 spiro atoms. The fraction of sp³-hybridized carbons (Fsp3) is 0. The minimum Gasteiger partial charge on any atom is -0.455 e. The van der Waals surface area contributed by atoms with Crippen LogP contribution in [-0.2, 0) is 0 Å². The van der Waals surface area contributed by atoms with Crippen LogP contribution in [0.1, 0.15) is 5.56 Å². The number of hydrogen-bond acceptors (Lipinski definition) is 3. The number of nitriles is 1. The zero-order valence-corrected chi connectivity index (χ0v) is 29.0. The van der Waals surface area contributed by atoms with E-state index in [1.54, 1.807) is 0 Å². The molecule has 4 nitrogen and oxygen atoms in total. The second-order valence-electron chi connectivity index (χ2n) is 13.8. The highest BCUT2D eigenvalue weighted by atomic mass is 16.3. The van der Waals surface area contributed by atoms with Gasteiger partial charge in [0.25, 0.3) is 0 Å². The Hall–Kier alpha value is -7.48. The van der Waals surface area contributed by atoms with Gasteiger partial charge < -0.3 is 4.42 Å². The number of fused-ring (bicyclic) bond motifs is 10. The second kappa shape index (κ2) is 11.8. The van der Waals surface area contributed by atoms with Gasteiger partial charge in [0.05, 0.1) is 22.7 Å². The van der Waals surface area contributed by atoms with E-state index < -0.39 is 0 Å². The van der Waals surface area contributed by atoms with Crippen molar-refractivity contribution in [3.63, 3.8) is 0 Å². The largest absolute Gasteiger partial charge is 0.455 e. The summed E-state index contributed by atoms with van der Waals surface area (Å²) in [6.07, 6.45) is 0. The molecule has 54 heavy (non-hydrogen) atoms. The zero-order chi connectivity index (χ0) is 35.8. The van der Waals surface area contributed by atoms with E-state index in [9.17, 15) is 5.26 Å². The summed E-state index contributed by atoms with van der Waals surface area (Å²) in [6.45, 7) is 0. The summed E-state index contributed by atoms with van der Waals surface area (Å²) in [7, 11) is 0. The minimum absolute atomic E-state index is 0.691. The van der Waals surface area contributed by atoms with Gasteiger partial charge >= 0.3 is 0 Å². The number of benzene rings is 9. The number of para-hydroxylation sites is 4. The molecule has 0 bridgehead atoms. The van der Waals surface area contributed by atoms with Crippen molar-refractivity contribution in [2.24, 2.45) is 0 Å². The summed E-state index contributed by atoms with van der Waals surface area (Å²) in [5, 5.41) is 18.5. The highest BCUT2D eigenvalue weighted by Gasteiger charge is 2.20. The zero-order valence-electron chi connectivity index (χ0n) is 29.0. The highest BCUT2D eigenvalue weighted by molar-refractivity contribution is 6.30. The van der Waals surface area contributed by atoms with E-state index in [0.717, 1.165) is 99.2 Å². The van der Waals surface area contributed by atoms with Crippen LogP contribution in [0, 0.1) is 11.3 Å². The van der Waals surface area contributed by atoms with Crippen LogP contribution < -0.4 is 0 Å².